The van der Waals surface area contributed by atoms with E-state index in [0.29, 0.717) is 57.5 Å². The van der Waals surface area contributed by atoms with Gasteiger partial charge in [-0.25, -0.2) is 42.7 Å². The summed E-state index contributed by atoms with van der Waals surface area (Å²) in [5.74, 6) is -3.70. The molecule has 374 valence electrons. The Kier molecular flexibility index (Phi) is 15.8. The summed E-state index contributed by atoms with van der Waals surface area (Å²) in [4.78, 5) is 63.4. The number of hydrogen-bond donors (Lipinski definition) is 1. The Labute approximate surface area is 417 Å². The third-order valence-electron chi connectivity index (χ3n) is 11.9. The highest BCUT2D eigenvalue weighted by Crippen LogP contribution is 2.48. The van der Waals surface area contributed by atoms with E-state index in [0.717, 1.165) is 49.9 Å². The van der Waals surface area contributed by atoms with E-state index in [2.05, 4.69) is 31.8 Å². The Morgan fingerprint density at radius 1 is 0.903 bits per heavy atom. The van der Waals surface area contributed by atoms with Crippen LogP contribution in [0.3, 0.4) is 0 Å². The number of aromatic nitrogens is 4. The minimum atomic E-state index is -1.68. The van der Waals surface area contributed by atoms with Crippen molar-refractivity contribution >= 4 is 39.9 Å². The number of aliphatic carboxylic acids is 1. The van der Waals surface area contributed by atoms with Crippen LogP contribution >= 0.6 is 11.3 Å². The number of hydrogen-bond acceptors (Lipinski definition) is 14. The molecule has 0 saturated carbocycles. The van der Waals surface area contributed by atoms with Gasteiger partial charge in [-0.15, -0.1) is 11.3 Å². The maximum Gasteiger partial charge on any atom is 0.410 e. The zero-order chi connectivity index (χ0) is 51.1. The number of fused-ring (bicyclic) bond motifs is 1. The second-order valence-corrected chi connectivity index (χ2v) is 19.1. The summed E-state index contributed by atoms with van der Waals surface area (Å²) in [6, 6.07) is 21.9. The number of carboxylic acid groups (broad SMARTS) is 1. The lowest BCUT2D eigenvalue weighted by Crippen LogP contribution is -2.48. The number of carbonyl (C=O) groups excluding carboxylic acids is 2. The number of carboxylic acids is 1. The van der Waals surface area contributed by atoms with Crippen molar-refractivity contribution in [2.45, 2.75) is 52.0 Å². The number of aldehydes is 1. The molecular weight excluding hydrogens is 952 g/mol. The van der Waals surface area contributed by atoms with Crippen LogP contribution in [0.1, 0.15) is 48.0 Å². The van der Waals surface area contributed by atoms with Crippen molar-refractivity contribution in [1.82, 2.24) is 34.6 Å². The molecule has 3 aromatic heterocycles. The van der Waals surface area contributed by atoms with Gasteiger partial charge in [0.05, 0.1) is 29.3 Å². The zero-order valence-corrected chi connectivity index (χ0v) is 41.1. The number of likely N-dealkylation sites (N-methyl/N-ethyl adjacent to an activating group) is 1. The van der Waals surface area contributed by atoms with Gasteiger partial charge in [-0.3, -0.25) is 9.69 Å². The van der Waals surface area contributed by atoms with Gasteiger partial charge in [-0.2, -0.15) is 0 Å². The molecule has 0 bridgehead atoms. The van der Waals surface area contributed by atoms with Gasteiger partial charge in [0.2, 0.25) is 12.0 Å². The molecule has 0 radical (unpaired) electrons. The molecule has 1 N–H and O–H groups in total. The number of benzene rings is 4. The largest absolute Gasteiger partial charge is 0.496 e. The number of para-hydroxylation sites is 1. The van der Waals surface area contributed by atoms with Gasteiger partial charge >= 0.3 is 12.1 Å². The van der Waals surface area contributed by atoms with Gasteiger partial charge in [0, 0.05) is 74.4 Å². The topological polar surface area (TPSA) is 170 Å². The van der Waals surface area contributed by atoms with E-state index in [1.165, 1.54) is 30.3 Å². The molecule has 7 aromatic rings. The van der Waals surface area contributed by atoms with Crippen LogP contribution in [0.25, 0.3) is 43.2 Å². The van der Waals surface area contributed by atoms with Gasteiger partial charge in [0.25, 0.3) is 0 Å². The van der Waals surface area contributed by atoms with E-state index in [4.69, 9.17) is 23.9 Å². The van der Waals surface area contributed by atoms with Gasteiger partial charge in [-0.1, -0.05) is 42.5 Å². The molecule has 0 spiro atoms. The SMILES string of the molecule is COc1ccccc1-c1nccc(COc2ccc(CN(CCN3CCN(C)CC3)C(=O)OC(C)(C)C)cc2CC(Oc2ncnc3sc(-c4ccc(F)cc4)c(-c4ccc(C=O)c(F)c4F)c23)C(=O)O)n1. The Bertz CT molecular complexity index is 3090. The zero-order valence-electron chi connectivity index (χ0n) is 40.2. The number of halogens is 3. The van der Waals surface area contributed by atoms with Gasteiger partial charge in [0.15, 0.2) is 23.7 Å². The molecule has 4 heterocycles. The molecule has 0 aliphatic carbocycles. The molecule has 1 fully saturated rings. The number of methoxy groups -OCH3 is 1. The van der Waals surface area contributed by atoms with Crippen LogP contribution in [0, 0.1) is 17.5 Å². The van der Waals surface area contributed by atoms with Crippen LogP contribution in [0.15, 0.2) is 97.5 Å². The van der Waals surface area contributed by atoms with E-state index in [1.807, 2.05) is 18.2 Å². The Morgan fingerprint density at radius 3 is 2.39 bits per heavy atom. The van der Waals surface area contributed by atoms with E-state index < -0.39 is 46.8 Å². The van der Waals surface area contributed by atoms with Crippen LogP contribution < -0.4 is 14.2 Å². The van der Waals surface area contributed by atoms with Crippen molar-refractivity contribution in [3.63, 3.8) is 0 Å². The third-order valence-corrected chi connectivity index (χ3v) is 13.0. The lowest BCUT2D eigenvalue weighted by atomic mass is 9.98. The molecule has 19 heteroatoms. The van der Waals surface area contributed by atoms with Gasteiger partial charge < -0.3 is 33.9 Å². The van der Waals surface area contributed by atoms with Crippen LogP contribution in [0.5, 0.6) is 17.4 Å². The fourth-order valence-electron chi connectivity index (χ4n) is 8.15. The predicted octanol–water partition coefficient (Wildman–Crippen LogP) is 9.36. The maximum atomic E-state index is 16.1. The van der Waals surface area contributed by atoms with E-state index in [-0.39, 0.29) is 58.8 Å². The quantitative estimate of drug-likeness (QED) is 0.0807. The number of amides is 1. The first-order valence-corrected chi connectivity index (χ1v) is 23.9. The number of rotatable bonds is 18. The average Bonchev–Trinajstić information content (AvgIpc) is 3.76. The normalized spacial score (nSPS) is 13.7. The maximum absolute atomic E-state index is 16.1. The van der Waals surface area contributed by atoms with Crippen molar-refractivity contribution in [2.24, 2.45) is 0 Å². The molecule has 8 rings (SSSR count). The Hall–Kier alpha value is -7.48. The molecule has 1 saturated heterocycles. The molecular formula is C53H52F3N7O8S. The molecule has 1 unspecified atom stereocenters. The fourth-order valence-corrected chi connectivity index (χ4v) is 9.31. The van der Waals surface area contributed by atoms with E-state index >= 15 is 8.78 Å². The molecule has 1 aliphatic rings. The predicted molar refractivity (Wildman–Crippen MR) is 265 cm³/mol. The minimum absolute atomic E-state index is 0.0392. The number of carbonyl (C=O) groups is 3. The monoisotopic (exact) mass is 1000 g/mol. The number of piperazine rings is 1. The molecule has 1 aliphatic heterocycles. The van der Waals surface area contributed by atoms with Crippen LogP contribution in [0.4, 0.5) is 18.0 Å². The summed E-state index contributed by atoms with van der Waals surface area (Å²) in [5.41, 5.74) is 1.04. The summed E-state index contributed by atoms with van der Waals surface area (Å²) in [6.07, 6.45) is 0.413. The van der Waals surface area contributed by atoms with E-state index in [1.54, 1.807) is 69.3 Å². The lowest BCUT2D eigenvalue weighted by molar-refractivity contribution is -0.145. The van der Waals surface area contributed by atoms with Crippen molar-refractivity contribution in [3.05, 3.63) is 137 Å². The standard InChI is InChI=1S/C53H52F3N7O8S/c1-53(2,3)71-52(67)63(25-24-62-22-20-61(4)21-23-62)28-32-10-17-40(69-30-37-18-19-57-48(60-37)38-8-6-7-9-41(38)68-5)35(26-32)27-42(51(65)66)70-49-44-43(39-16-13-34(29-64)45(55)46(39)56)47(72-50(44)59-31-58-49)33-11-14-36(54)15-12-33/h6-19,26,29,31,42H,20-25,27-28,30H2,1-5H3,(H,65,66). The molecule has 1 atom stereocenters. The summed E-state index contributed by atoms with van der Waals surface area (Å²) in [7, 11) is 3.63. The highest BCUT2D eigenvalue weighted by atomic mass is 32.1. The number of ether oxygens (including phenoxy) is 4. The van der Waals surface area contributed by atoms with Crippen molar-refractivity contribution in [1.29, 1.82) is 0 Å². The third kappa shape index (κ3) is 12.0. The van der Waals surface area contributed by atoms with Crippen molar-refractivity contribution in [3.8, 4) is 50.3 Å². The summed E-state index contributed by atoms with van der Waals surface area (Å²) < 4.78 is 69.7. The van der Waals surface area contributed by atoms with Gasteiger partial charge in [0.1, 0.15) is 40.7 Å². The second-order valence-electron chi connectivity index (χ2n) is 18.1. The average molecular weight is 1000 g/mol. The van der Waals surface area contributed by atoms with Crippen LogP contribution in [0.2, 0.25) is 0 Å². The Balaban J connectivity index is 1.17. The molecule has 72 heavy (non-hydrogen) atoms. The van der Waals surface area contributed by atoms with Crippen molar-refractivity contribution < 1.29 is 51.6 Å². The second kappa shape index (κ2) is 22.3. The fraction of sp³-hybridized carbons (Fsp3) is 0.302. The summed E-state index contributed by atoms with van der Waals surface area (Å²) in [5, 5.41) is 11.0. The highest BCUT2D eigenvalue weighted by Gasteiger charge is 2.30. The smallest absolute Gasteiger partial charge is 0.410 e. The first kappa shape index (κ1) is 50.9. The van der Waals surface area contributed by atoms with E-state index in [9.17, 15) is 23.9 Å². The molecule has 1 amide bonds. The first-order chi connectivity index (χ1) is 34.6. The van der Waals surface area contributed by atoms with Crippen LogP contribution in [-0.2, 0) is 29.1 Å². The van der Waals surface area contributed by atoms with Crippen LogP contribution in [-0.4, -0.2) is 123 Å². The highest BCUT2D eigenvalue weighted by molar-refractivity contribution is 7.22. The number of nitrogens with zero attached hydrogens (tertiary/aromatic N) is 7. The minimum Gasteiger partial charge on any atom is -0.496 e. The van der Waals surface area contributed by atoms with Gasteiger partial charge in [-0.05, 0) is 87.0 Å². The summed E-state index contributed by atoms with van der Waals surface area (Å²) >= 11 is 1.05. The lowest BCUT2D eigenvalue weighted by Gasteiger charge is -2.34. The Morgan fingerprint density at radius 2 is 1.67 bits per heavy atom. The number of thiophene rings is 1. The molecule has 15 nitrogen and oxygen atoms in total. The summed E-state index contributed by atoms with van der Waals surface area (Å²) in [6.45, 7) is 9.86. The molecule has 4 aromatic carbocycles. The first-order valence-electron chi connectivity index (χ1n) is 23.0. The van der Waals surface area contributed by atoms with Crippen molar-refractivity contribution in [2.75, 3.05) is 53.4 Å².